The predicted octanol–water partition coefficient (Wildman–Crippen LogP) is 1.46. The Hall–Kier alpha value is -2.31. The molecule has 7 nitrogen and oxygen atoms in total. The number of nitrogens with zero attached hydrogens (tertiary/aromatic N) is 5. The van der Waals surface area contributed by atoms with Crippen LogP contribution in [0.3, 0.4) is 0 Å². The molecule has 2 aromatic heterocycles. The average molecular weight is 331 g/mol. The van der Waals surface area contributed by atoms with E-state index in [0.717, 1.165) is 37.6 Å². The molecule has 0 aromatic carbocycles. The normalized spacial score (nSPS) is 11.8. The van der Waals surface area contributed by atoms with Crippen molar-refractivity contribution in [3.63, 3.8) is 0 Å². The van der Waals surface area contributed by atoms with Gasteiger partial charge in [0.1, 0.15) is 0 Å². The second-order valence-corrected chi connectivity index (χ2v) is 6.02. The molecular weight excluding hydrogens is 302 g/mol. The monoisotopic (exact) mass is 331 g/mol. The van der Waals surface area contributed by atoms with Gasteiger partial charge in [-0.25, -0.2) is 4.99 Å². The molecule has 2 rings (SSSR count). The van der Waals surface area contributed by atoms with E-state index in [1.54, 1.807) is 0 Å². The van der Waals surface area contributed by atoms with Gasteiger partial charge in [0.05, 0.1) is 18.4 Å². The quantitative estimate of drug-likeness (QED) is 0.458. The van der Waals surface area contributed by atoms with Gasteiger partial charge >= 0.3 is 0 Å². The van der Waals surface area contributed by atoms with Gasteiger partial charge in [0, 0.05) is 44.6 Å². The highest BCUT2D eigenvalue weighted by molar-refractivity contribution is 5.79. The predicted molar refractivity (Wildman–Crippen MR) is 97.0 cm³/mol. The summed E-state index contributed by atoms with van der Waals surface area (Å²) in [7, 11) is 3.91. The van der Waals surface area contributed by atoms with Crippen molar-refractivity contribution < 1.29 is 0 Å². The molecule has 0 radical (unpaired) electrons. The fourth-order valence-corrected chi connectivity index (χ4v) is 2.65. The molecule has 0 atom stereocenters. The summed E-state index contributed by atoms with van der Waals surface area (Å²) in [5.74, 6) is 0.853. The highest BCUT2D eigenvalue weighted by Gasteiger charge is 2.08. The Bertz CT molecular complexity index is 681. The SMILES string of the molecule is CCNC(=NCc1c(C)nn(C)c1C)NCCCc1cnn(C)c1. The van der Waals surface area contributed by atoms with E-state index in [-0.39, 0.29) is 0 Å². The lowest BCUT2D eigenvalue weighted by Gasteiger charge is -2.11. The van der Waals surface area contributed by atoms with Crippen LogP contribution in [0.15, 0.2) is 17.4 Å². The van der Waals surface area contributed by atoms with Gasteiger partial charge in [-0.3, -0.25) is 9.36 Å². The first-order valence-electron chi connectivity index (χ1n) is 8.50. The van der Waals surface area contributed by atoms with E-state index < -0.39 is 0 Å². The first-order valence-corrected chi connectivity index (χ1v) is 8.50. The van der Waals surface area contributed by atoms with Crippen molar-refractivity contribution in [2.45, 2.75) is 40.2 Å². The summed E-state index contributed by atoms with van der Waals surface area (Å²) in [6.07, 6.45) is 6.04. The van der Waals surface area contributed by atoms with Crippen molar-refractivity contribution in [1.29, 1.82) is 0 Å². The van der Waals surface area contributed by atoms with Gasteiger partial charge in [-0.05, 0) is 39.2 Å². The molecule has 0 fully saturated rings. The molecule has 0 spiro atoms. The van der Waals surface area contributed by atoms with Gasteiger partial charge in [0.25, 0.3) is 0 Å². The van der Waals surface area contributed by atoms with Gasteiger partial charge < -0.3 is 10.6 Å². The molecule has 0 saturated heterocycles. The second kappa shape index (κ2) is 8.52. The molecule has 2 heterocycles. The third-order valence-electron chi connectivity index (χ3n) is 4.09. The summed E-state index contributed by atoms with van der Waals surface area (Å²) in [6, 6.07) is 0. The van der Waals surface area contributed by atoms with Crippen LogP contribution in [-0.4, -0.2) is 38.6 Å². The van der Waals surface area contributed by atoms with Crippen molar-refractivity contribution in [3.05, 3.63) is 34.9 Å². The Kier molecular flexibility index (Phi) is 6.40. The molecule has 7 heteroatoms. The molecule has 0 aliphatic carbocycles. The number of guanidine groups is 1. The van der Waals surface area contributed by atoms with Gasteiger partial charge in [0.15, 0.2) is 5.96 Å². The smallest absolute Gasteiger partial charge is 0.191 e. The summed E-state index contributed by atoms with van der Waals surface area (Å²) in [5, 5.41) is 15.3. The van der Waals surface area contributed by atoms with Gasteiger partial charge in [-0.2, -0.15) is 10.2 Å². The first-order chi connectivity index (χ1) is 11.5. The number of hydrogen-bond donors (Lipinski definition) is 2. The lowest BCUT2D eigenvalue weighted by Crippen LogP contribution is -2.37. The number of aryl methyl sites for hydroxylation is 4. The fraction of sp³-hybridized carbons (Fsp3) is 0.588. The Morgan fingerprint density at radius 1 is 1.25 bits per heavy atom. The number of aliphatic imine (C=N–C) groups is 1. The van der Waals surface area contributed by atoms with E-state index in [0.29, 0.717) is 6.54 Å². The van der Waals surface area contributed by atoms with Crippen molar-refractivity contribution in [3.8, 4) is 0 Å². The minimum Gasteiger partial charge on any atom is -0.357 e. The third-order valence-corrected chi connectivity index (χ3v) is 4.09. The summed E-state index contributed by atoms with van der Waals surface area (Å²) in [4.78, 5) is 4.69. The van der Waals surface area contributed by atoms with Crippen LogP contribution in [0.4, 0.5) is 0 Å². The first kappa shape index (κ1) is 18.0. The minimum absolute atomic E-state index is 0.642. The largest absolute Gasteiger partial charge is 0.357 e. The molecule has 0 aliphatic rings. The fourth-order valence-electron chi connectivity index (χ4n) is 2.65. The highest BCUT2D eigenvalue weighted by atomic mass is 15.3. The lowest BCUT2D eigenvalue weighted by molar-refractivity contribution is 0.729. The van der Waals surface area contributed by atoms with Crippen LogP contribution in [0.5, 0.6) is 0 Å². The molecule has 0 bridgehead atoms. The van der Waals surface area contributed by atoms with Gasteiger partial charge in [-0.15, -0.1) is 0 Å². The zero-order valence-electron chi connectivity index (χ0n) is 15.4. The van der Waals surface area contributed by atoms with E-state index >= 15 is 0 Å². The molecule has 2 N–H and O–H groups in total. The molecule has 132 valence electrons. The second-order valence-electron chi connectivity index (χ2n) is 6.02. The molecule has 0 unspecified atom stereocenters. The Morgan fingerprint density at radius 3 is 2.62 bits per heavy atom. The number of nitrogens with one attached hydrogen (secondary N) is 2. The van der Waals surface area contributed by atoms with Crippen molar-refractivity contribution in [2.24, 2.45) is 19.1 Å². The summed E-state index contributed by atoms with van der Waals surface area (Å²) < 4.78 is 3.75. The summed E-state index contributed by atoms with van der Waals surface area (Å²) in [6.45, 7) is 8.56. The Balaban J connectivity index is 1.86. The van der Waals surface area contributed by atoms with Crippen molar-refractivity contribution in [2.75, 3.05) is 13.1 Å². The van der Waals surface area contributed by atoms with Crippen molar-refractivity contribution >= 4 is 5.96 Å². The molecular formula is C17H29N7. The lowest BCUT2D eigenvalue weighted by atomic mass is 10.2. The molecule has 0 saturated carbocycles. The van der Waals surface area contributed by atoms with Crippen LogP contribution in [0, 0.1) is 13.8 Å². The van der Waals surface area contributed by atoms with Gasteiger partial charge in [0.2, 0.25) is 0 Å². The third kappa shape index (κ3) is 4.84. The van der Waals surface area contributed by atoms with Crippen molar-refractivity contribution in [1.82, 2.24) is 30.2 Å². The summed E-state index contributed by atoms with van der Waals surface area (Å²) >= 11 is 0. The molecule has 0 aliphatic heterocycles. The van der Waals surface area contributed by atoms with E-state index in [9.17, 15) is 0 Å². The minimum atomic E-state index is 0.642. The zero-order valence-corrected chi connectivity index (χ0v) is 15.4. The zero-order chi connectivity index (χ0) is 17.5. The number of hydrogen-bond acceptors (Lipinski definition) is 3. The standard InChI is InChI=1S/C17H29N7/c1-6-18-17(19-9-7-8-15-10-21-23(4)12-15)20-11-16-13(2)22-24(5)14(16)3/h10,12H,6-9,11H2,1-5H3,(H2,18,19,20). The maximum Gasteiger partial charge on any atom is 0.191 e. The van der Waals surface area contributed by atoms with Crippen LogP contribution in [0.25, 0.3) is 0 Å². The van der Waals surface area contributed by atoms with Gasteiger partial charge in [-0.1, -0.05) is 0 Å². The Labute approximate surface area is 144 Å². The van der Waals surface area contributed by atoms with Crippen LogP contribution < -0.4 is 10.6 Å². The number of aromatic nitrogens is 4. The highest BCUT2D eigenvalue weighted by Crippen LogP contribution is 2.12. The van der Waals surface area contributed by atoms with Crippen LogP contribution in [-0.2, 0) is 27.1 Å². The van der Waals surface area contributed by atoms with Crippen LogP contribution in [0.1, 0.15) is 35.9 Å². The van der Waals surface area contributed by atoms with E-state index in [4.69, 9.17) is 4.99 Å². The van der Waals surface area contributed by atoms with E-state index in [1.807, 2.05) is 36.6 Å². The topological polar surface area (TPSA) is 72.1 Å². The van der Waals surface area contributed by atoms with Crippen LogP contribution >= 0.6 is 0 Å². The Morgan fingerprint density at radius 2 is 2.04 bits per heavy atom. The molecule has 24 heavy (non-hydrogen) atoms. The van der Waals surface area contributed by atoms with E-state index in [1.165, 1.54) is 16.8 Å². The maximum atomic E-state index is 4.69. The number of rotatable bonds is 7. The summed E-state index contributed by atoms with van der Waals surface area (Å²) in [5.41, 5.74) is 4.68. The molecule has 0 amide bonds. The molecule has 2 aromatic rings. The van der Waals surface area contributed by atoms with Crippen LogP contribution in [0.2, 0.25) is 0 Å². The maximum absolute atomic E-state index is 4.69. The van der Waals surface area contributed by atoms with E-state index in [2.05, 4.69) is 40.9 Å². The average Bonchev–Trinajstić information content (AvgIpc) is 3.06.